The molecular formula is C28H21F3N4O5S. The van der Waals surface area contributed by atoms with Crippen LogP contribution in [0.1, 0.15) is 11.6 Å². The van der Waals surface area contributed by atoms with E-state index in [4.69, 9.17) is 4.42 Å². The molecule has 0 bridgehead atoms. The molecule has 3 aromatic carbocycles. The van der Waals surface area contributed by atoms with Gasteiger partial charge in [0.2, 0.25) is 0 Å². The first-order valence-electron chi connectivity index (χ1n) is 12.0. The molecule has 0 spiro atoms. The largest absolute Gasteiger partial charge is 0.573 e. The molecule has 0 aliphatic heterocycles. The Balaban J connectivity index is 1.67. The molecule has 5 rings (SSSR count). The van der Waals surface area contributed by atoms with Crippen molar-refractivity contribution in [3.05, 3.63) is 95.5 Å². The smallest absolute Gasteiger partial charge is 0.440 e. The van der Waals surface area contributed by atoms with Crippen LogP contribution in [-0.2, 0) is 16.4 Å². The van der Waals surface area contributed by atoms with E-state index in [0.29, 0.717) is 51.0 Å². The number of benzene rings is 3. The summed E-state index contributed by atoms with van der Waals surface area (Å²) in [7, 11) is -3.46. The first-order valence-corrected chi connectivity index (χ1v) is 13.9. The Morgan fingerprint density at radius 1 is 0.976 bits per heavy atom. The highest BCUT2D eigenvalue weighted by Gasteiger charge is 2.31. The van der Waals surface area contributed by atoms with Gasteiger partial charge in [-0.2, -0.15) is 10.0 Å². The monoisotopic (exact) mass is 582 g/mol. The van der Waals surface area contributed by atoms with Gasteiger partial charge in [-0.3, -0.25) is 0 Å². The first kappa shape index (κ1) is 27.8. The van der Waals surface area contributed by atoms with Crippen LogP contribution in [0.15, 0.2) is 93.5 Å². The zero-order valence-electron chi connectivity index (χ0n) is 21.6. The van der Waals surface area contributed by atoms with Crippen molar-refractivity contribution in [2.24, 2.45) is 5.18 Å². The highest BCUT2D eigenvalue weighted by molar-refractivity contribution is 7.90. The number of alkyl halides is 3. The molecule has 0 amide bonds. The number of nitroso groups, excluding NO2 is 1. The topological polar surface area (TPSA) is 117 Å². The number of hydrogen-bond acceptors (Lipinski definition) is 8. The van der Waals surface area contributed by atoms with Crippen molar-refractivity contribution in [2.75, 3.05) is 6.26 Å². The summed E-state index contributed by atoms with van der Waals surface area (Å²) in [6.45, 7) is 1.51. The fourth-order valence-electron chi connectivity index (χ4n) is 4.27. The lowest BCUT2D eigenvalue weighted by Gasteiger charge is -2.13. The Hall–Kier alpha value is -4.78. The summed E-state index contributed by atoms with van der Waals surface area (Å²) in [5, 5.41) is 7.30. The maximum atomic E-state index is 12.7. The number of hydrogen-bond donors (Lipinski definition) is 0. The SMILES string of the molecule is Cc1nc(-c2ccc(OC(F)(F)F)cc2)c(-c2cc(-c3cccc(S(C)(=O)=O)c3)ccc2-n2ccc(CN=O)n2)o1. The Morgan fingerprint density at radius 2 is 1.68 bits per heavy atom. The van der Waals surface area contributed by atoms with E-state index in [0.717, 1.165) is 6.26 Å². The number of nitrogens with zero attached hydrogens (tertiary/aromatic N) is 4. The van der Waals surface area contributed by atoms with E-state index in [1.165, 1.54) is 35.0 Å². The number of oxazole rings is 1. The maximum absolute atomic E-state index is 12.7. The second-order valence-corrected chi connectivity index (χ2v) is 11.1. The molecule has 41 heavy (non-hydrogen) atoms. The highest BCUT2D eigenvalue weighted by Crippen LogP contribution is 2.39. The minimum atomic E-state index is -4.83. The van der Waals surface area contributed by atoms with Crippen LogP contribution >= 0.6 is 0 Å². The quantitative estimate of drug-likeness (QED) is 0.186. The average Bonchev–Trinajstić information content (AvgIpc) is 3.54. The minimum absolute atomic E-state index is 0.127. The third-order valence-corrected chi connectivity index (χ3v) is 7.16. The van der Waals surface area contributed by atoms with E-state index in [2.05, 4.69) is 20.0 Å². The zero-order chi connectivity index (χ0) is 29.4. The van der Waals surface area contributed by atoms with Crippen molar-refractivity contribution in [1.82, 2.24) is 14.8 Å². The van der Waals surface area contributed by atoms with Crippen LogP contribution in [0.4, 0.5) is 13.2 Å². The number of rotatable bonds is 8. The van der Waals surface area contributed by atoms with Crippen molar-refractivity contribution in [1.29, 1.82) is 0 Å². The van der Waals surface area contributed by atoms with Gasteiger partial charge in [-0.05, 0) is 65.7 Å². The van der Waals surface area contributed by atoms with Gasteiger partial charge in [0, 0.05) is 30.5 Å². The third kappa shape index (κ3) is 6.19. The number of sulfone groups is 1. The summed E-state index contributed by atoms with van der Waals surface area (Å²) in [4.78, 5) is 15.4. The predicted molar refractivity (Wildman–Crippen MR) is 144 cm³/mol. The Kier molecular flexibility index (Phi) is 7.22. The molecule has 0 fully saturated rings. The van der Waals surface area contributed by atoms with Crippen LogP contribution < -0.4 is 4.74 Å². The van der Waals surface area contributed by atoms with Crippen LogP contribution in [0.2, 0.25) is 0 Å². The number of aryl methyl sites for hydroxylation is 1. The van der Waals surface area contributed by atoms with Gasteiger partial charge in [0.15, 0.2) is 21.5 Å². The van der Waals surface area contributed by atoms with Crippen LogP contribution in [0.5, 0.6) is 5.75 Å². The molecular weight excluding hydrogens is 561 g/mol. The van der Waals surface area contributed by atoms with Gasteiger partial charge < -0.3 is 9.15 Å². The highest BCUT2D eigenvalue weighted by atomic mass is 32.2. The van der Waals surface area contributed by atoms with Gasteiger partial charge in [0.25, 0.3) is 0 Å². The lowest BCUT2D eigenvalue weighted by molar-refractivity contribution is -0.274. The second-order valence-electron chi connectivity index (χ2n) is 9.05. The van der Waals surface area contributed by atoms with Gasteiger partial charge in [0.1, 0.15) is 18.0 Å². The molecule has 210 valence electrons. The van der Waals surface area contributed by atoms with Gasteiger partial charge in [-0.15, -0.1) is 13.2 Å². The molecule has 0 aliphatic rings. The number of aromatic nitrogens is 3. The molecule has 5 aromatic rings. The molecule has 0 saturated carbocycles. The minimum Gasteiger partial charge on any atom is -0.440 e. The third-order valence-electron chi connectivity index (χ3n) is 6.05. The summed E-state index contributed by atoms with van der Waals surface area (Å²) >= 11 is 0. The van der Waals surface area contributed by atoms with Crippen molar-refractivity contribution < 1.29 is 30.7 Å². The summed E-state index contributed by atoms with van der Waals surface area (Å²) in [5.41, 5.74) is 3.58. The average molecular weight is 583 g/mol. The molecule has 0 N–H and O–H groups in total. The van der Waals surface area contributed by atoms with E-state index in [9.17, 15) is 26.5 Å². The van der Waals surface area contributed by atoms with E-state index in [1.807, 2.05) is 0 Å². The summed E-state index contributed by atoms with van der Waals surface area (Å²) in [6.07, 6.45) is -2.06. The predicted octanol–water partition coefficient (Wildman–Crippen LogP) is 6.74. The first-order chi connectivity index (χ1) is 19.4. The Morgan fingerprint density at radius 3 is 2.37 bits per heavy atom. The Bertz CT molecular complexity index is 1850. The maximum Gasteiger partial charge on any atom is 0.573 e. The van der Waals surface area contributed by atoms with Crippen molar-refractivity contribution in [3.8, 4) is 45.1 Å². The second kappa shape index (κ2) is 10.7. The number of halogens is 3. The zero-order valence-corrected chi connectivity index (χ0v) is 22.4. The van der Waals surface area contributed by atoms with Gasteiger partial charge >= 0.3 is 6.36 Å². The fourth-order valence-corrected chi connectivity index (χ4v) is 4.94. The van der Waals surface area contributed by atoms with E-state index in [-0.39, 0.29) is 17.2 Å². The van der Waals surface area contributed by atoms with Crippen molar-refractivity contribution in [2.45, 2.75) is 24.7 Å². The van der Waals surface area contributed by atoms with E-state index >= 15 is 0 Å². The van der Waals surface area contributed by atoms with Crippen molar-refractivity contribution >= 4 is 9.84 Å². The van der Waals surface area contributed by atoms with Crippen LogP contribution in [0, 0.1) is 11.8 Å². The summed E-state index contributed by atoms with van der Waals surface area (Å²) < 4.78 is 73.9. The molecule has 0 atom stereocenters. The van der Waals surface area contributed by atoms with E-state index in [1.54, 1.807) is 55.6 Å². The molecule has 2 heterocycles. The van der Waals surface area contributed by atoms with Crippen LogP contribution in [-0.4, -0.2) is 35.8 Å². The number of ether oxygens (including phenoxy) is 1. The molecule has 0 radical (unpaired) electrons. The van der Waals surface area contributed by atoms with Crippen molar-refractivity contribution in [3.63, 3.8) is 0 Å². The van der Waals surface area contributed by atoms with Gasteiger partial charge in [-0.1, -0.05) is 23.4 Å². The fraction of sp³-hybridized carbons (Fsp3) is 0.143. The van der Waals surface area contributed by atoms with Gasteiger partial charge in [-0.25, -0.2) is 18.1 Å². The molecule has 0 unspecified atom stereocenters. The molecule has 9 nitrogen and oxygen atoms in total. The molecule has 13 heteroatoms. The van der Waals surface area contributed by atoms with E-state index < -0.39 is 16.2 Å². The Labute approximate surface area is 232 Å². The lowest BCUT2D eigenvalue weighted by Crippen LogP contribution is -2.16. The van der Waals surface area contributed by atoms with Crippen LogP contribution in [0.3, 0.4) is 0 Å². The summed E-state index contributed by atoms with van der Waals surface area (Å²) in [6, 6.07) is 18.6. The molecule has 0 saturated heterocycles. The summed E-state index contributed by atoms with van der Waals surface area (Å²) in [5.74, 6) is 0.213. The standard InChI is InChI=1S/C28H21F3N4O5S/c1-17-33-26(18-6-9-22(10-7-18)40-28(29,30)31)27(39-17)24-15-20(19-4-3-5-23(14-19)41(2,37)38)8-11-25(24)35-13-12-21(34-35)16-32-36/h3-15H,16H2,1-2H3. The normalized spacial score (nSPS) is 11.9. The molecule has 0 aliphatic carbocycles. The lowest BCUT2D eigenvalue weighted by atomic mass is 9.98. The van der Waals surface area contributed by atoms with Gasteiger partial charge in [0.05, 0.1) is 16.3 Å². The van der Waals surface area contributed by atoms with Crippen LogP contribution in [0.25, 0.3) is 39.4 Å². The molecule has 2 aromatic heterocycles.